The summed E-state index contributed by atoms with van der Waals surface area (Å²) in [5, 5.41) is 3.42. The minimum Gasteiger partial charge on any atom is -0.382 e. The van der Waals surface area contributed by atoms with E-state index in [0.29, 0.717) is 31.3 Å². The van der Waals surface area contributed by atoms with Crippen molar-refractivity contribution in [1.82, 2.24) is 9.88 Å². The normalized spacial score (nSPS) is 17.8. The maximum Gasteiger partial charge on any atom is 0.245 e. The Balaban J connectivity index is 1.60. The van der Waals surface area contributed by atoms with E-state index in [1.54, 1.807) is 4.90 Å². The highest BCUT2D eigenvalue weighted by Gasteiger charge is 2.45. The van der Waals surface area contributed by atoms with E-state index in [1.807, 2.05) is 39.0 Å². The molecule has 1 saturated carbocycles. The van der Waals surface area contributed by atoms with Gasteiger partial charge in [-0.25, -0.2) is 4.98 Å². The summed E-state index contributed by atoms with van der Waals surface area (Å²) in [6, 6.07) is 10.1. The fourth-order valence-electron chi connectivity index (χ4n) is 3.40. The minimum atomic E-state index is -0.208. The number of thiazole rings is 1. The lowest BCUT2D eigenvalue weighted by atomic mass is 10.1. The van der Waals surface area contributed by atoms with Crippen molar-refractivity contribution in [1.29, 1.82) is 0 Å². The zero-order chi connectivity index (χ0) is 20.8. The molecule has 6 nitrogen and oxygen atoms in total. The summed E-state index contributed by atoms with van der Waals surface area (Å²) in [6.45, 7) is 7.63. The number of hydrogen-bond acceptors (Lipinski definition) is 5. The predicted octanol–water partition coefficient (Wildman–Crippen LogP) is 3.76. The molecule has 3 rings (SSSR count). The average molecular weight is 416 g/mol. The molecule has 2 aromatic rings. The lowest BCUT2D eigenvalue weighted by Gasteiger charge is -2.22. The van der Waals surface area contributed by atoms with Gasteiger partial charge in [0.2, 0.25) is 11.8 Å². The van der Waals surface area contributed by atoms with Gasteiger partial charge in [0.25, 0.3) is 0 Å². The van der Waals surface area contributed by atoms with E-state index in [-0.39, 0.29) is 30.2 Å². The molecular weight excluding hydrogens is 386 g/mol. The van der Waals surface area contributed by atoms with Crippen LogP contribution in [0, 0.1) is 19.8 Å². The SMILES string of the molecule is CCOCCCN(CC(=O)Nc1nc(C)c(C)s1)C(=O)C1CC1c1ccccc1. The maximum atomic E-state index is 13.1. The molecule has 2 atom stereocenters. The van der Waals surface area contributed by atoms with Gasteiger partial charge in [-0.05, 0) is 45.1 Å². The number of aryl methyl sites for hydroxylation is 2. The van der Waals surface area contributed by atoms with Crippen LogP contribution in [-0.2, 0) is 14.3 Å². The first-order chi connectivity index (χ1) is 14.0. The van der Waals surface area contributed by atoms with Crippen molar-refractivity contribution >= 4 is 28.3 Å². The highest BCUT2D eigenvalue weighted by molar-refractivity contribution is 7.15. The van der Waals surface area contributed by atoms with Crippen LogP contribution in [0.3, 0.4) is 0 Å². The molecule has 0 radical (unpaired) electrons. The number of carbonyl (C=O) groups excluding carboxylic acids is 2. The topological polar surface area (TPSA) is 71.5 Å². The molecule has 1 fully saturated rings. The molecule has 29 heavy (non-hydrogen) atoms. The molecular formula is C22H29N3O3S. The van der Waals surface area contributed by atoms with Crippen LogP contribution in [0.1, 0.15) is 41.8 Å². The van der Waals surface area contributed by atoms with Crippen LogP contribution in [0.25, 0.3) is 0 Å². The predicted molar refractivity (Wildman–Crippen MR) is 115 cm³/mol. The van der Waals surface area contributed by atoms with E-state index in [4.69, 9.17) is 4.74 Å². The van der Waals surface area contributed by atoms with Crippen LogP contribution >= 0.6 is 11.3 Å². The summed E-state index contributed by atoms with van der Waals surface area (Å²) < 4.78 is 5.40. The van der Waals surface area contributed by atoms with Crippen LogP contribution in [0.4, 0.5) is 5.13 Å². The lowest BCUT2D eigenvalue weighted by Crippen LogP contribution is -2.40. The van der Waals surface area contributed by atoms with Gasteiger partial charge in [-0.2, -0.15) is 0 Å². The second-order valence-electron chi connectivity index (χ2n) is 7.38. The summed E-state index contributed by atoms with van der Waals surface area (Å²) in [5.41, 5.74) is 2.11. The molecule has 1 aromatic carbocycles. The number of carbonyl (C=O) groups is 2. The zero-order valence-electron chi connectivity index (χ0n) is 17.3. The average Bonchev–Trinajstić information content (AvgIpc) is 3.45. The summed E-state index contributed by atoms with van der Waals surface area (Å²) in [7, 11) is 0. The van der Waals surface area contributed by atoms with Crippen LogP contribution in [0.15, 0.2) is 30.3 Å². The number of hydrogen-bond donors (Lipinski definition) is 1. The molecule has 0 bridgehead atoms. The van der Waals surface area contributed by atoms with Gasteiger partial charge in [-0.1, -0.05) is 30.3 Å². The maximum absolute atomic E-state index is 13.1. The van der Waals surface area contributed by atoms with Gasteiger partial charge in [-0.3, -0.25) is 9.59 Å². The van der Waals surface area contributed by atoms with Crippen molar-refractivity contribution in [3.8, 4) is 0 Å². The Hall–Kier alpha value is -2.25. The number of nitrogens with zero attached hydrogens (tertiary/aromatic N) is 2. The second-order valence-corrected chi connectivity index (χ2v) is 8.58. The molecule has 1 aliphatic rings. The molecule has 0 aliphatic heterocycles. The van der Waals surface area contributed by atoms with E-state index >= 15 is 0 Å². The van der Waals surface area contributed by atoms with Gasteiger partial charge in [0.05, 0.1) is 12.2 Å². The molecule has 1 aliphatic carbocycles. The molecule has 7 heteroatoms. The van der Waals surface area contributed by atoms with Crippen molar-refractivity contribution in [2.24, 2.45) is 5.92 Å². The number of nitrogens with one attached hydrogen (secondary N) is 1. The number of anilines is 1. The highest BCUT2D eigenvalue weighted by atomic mass is 32.1. The van der Waals surface area contributed by atoms with Crippen LogP contribution in [0.2, 0.25) is 0 Å². The van der Waals surface area contributed by atoms with Crippen molar-refractivity contribution in [3.05, 3.63) is 46.5 Å². The first kappa shape index (κ1) is 21.5. The third-order valence-electron chi connectivity index (χ3n) is 5.18. The van der Waals surface area contributed by atoms with Crippen LogP contribution in [-0.4, -0.2) is 48.0 Å². The van der Waals surface area contributed by atoms with Gasteiger partial charge in [0.15, 0.2) is 5.13 Å². The Morgan fingerprint density at radius 2 is 2.03 bits per heavy atom. The van der Waals surface area contributed by atoms with E-state index < -0.39 is 0 Å². The van der Waals surface area contributed by atoms with Crippen molar-refractivity contribution < 1.29 is 14.3 Å². The number of ether oxygens (including phenoxy) is 1. The molecule has 1 N–H and O–H groups in total. The zero-order valence-corrected chi connectivity index (χ0v) is 18.1. The summed E-state index contributed by atoms with van der Waals surface area (Å²) >= 11 is 1.45. The monoisotopic (exact) mass is 415 g/mol. The summed E-state index contributed by atoms with van der Waals surface area (Å²) in [5.74, 6) is 0.0597. The van der Waals surface area contributed by atoms with Crippen molar-refractivity contribution in [2.45, 2.75) is 39.5 Å². The third kappa shape index (κ3) is 5.87. The Morgan fingerprint density at radius 1 is 1.28 bits per heavy atom. The van der Waals surface area contributed by atoms with Crippen LogP contribution in [0.5, 0.6) is 0 Å². The first-order valence-corrected chi connectivity index (χ1v) is 11.0. The molecule has 2 unspecified atom stereocenters. The minimum absolute atomic E-state index is 0.0401. The number of amides is 2. The second kappa shape index (κ2) is 9.98. The smallest absolute Gasteiger partial charge is 0.245 e. The number of rotatable bonds is 10. The molecule has 1 aromatic heterocycles. The number of aromatic nitrogens is 1. The fourth-order valence-corrected chi connectivity index (χ4v) is 4.23. The standard InChI is InChI=1S/C22H29N3O3S/c1-4-28-12-8-11-25(14-20(26)24-22-23-15(2)16(3)29-22)21(27)19-13-18(19)17-9-6-5-7-10-17/h5-7,9-10,18-19H,4,8,11-14H2,1-3H3,(H,23,24,26). The molecule has 0 saturated heterocycles. The highest BCUT2D eigenvalue weighted by Crippen LogP contribution is 2.48. The van der Waals surface area contributed by atoms with Gasteiger partial charge in [0, 0.05) is 30.6 Å². The van der Waals surface area contributed by atoms with E-state index in [0.717, 1.165) is 17.0 Å². The van der Waals surface area contributed by atoms with Crippen molar-refractivity contribution in [2.75, 3.05) is 31.6 Å². The Labute approximate surface area is 176 Å². The summed E-state index contributed by atoms with van der Waals surface area (Å²) in [4.78, 5) is 32.8. The fraction of sp³-hybridized carbons (Fsp3) is 0.500. The number of benzene rings is 1. The van der Waals surface area contributed by atoms with Gasteiger partial charge in [0.1, 0.15) is 0 Å². The molecule has 0 spiro atoms. The first-order valence-electron chi connectivity index (χ1n) is 10.1. The quantitative estimate of drug-likeness (QED) is 0.600. The van der Waals surface area contributed by atoms with Gasteiger partial charge >= 0.3 is 0 Å². The summed E-state index contributed by atoms with van der Waals surface area (Å²) in [6.07, 6.45) is 1.56. The van der Waals surface area contributed by atoms with E-state index in [9.17, 15) is 9.59 Å². The van der Waals surface area contributed by atoms with E-state index in [2.05, 4.69) is 22.4 Å². The molecule has 1 heterocycles. The largest absolute Gasteiger partial charge is 0.382 e. The van der Waals surface area contributed by atoms with Gasteiger partial charge in [-0.15, -0.1) is 11.3 Å². The Kier molecular flexibility index (Phi) is 7.39. The third-order valence-corrected chi connectivity index (χ3v) is 6.17. The Bertz CT molecular complexity index is 818. The molecule has 156 valence electrons. The Morgan fingerprint density at radius 3 is 2.69 bits per heavy atom. The van der Waals surface area contributed by atoms with Crippen LogP contribution < -0.4 is 5.32 Å². The van der Waals surface area contributed by atoms with Crippen molar-refractivity contribution in [3.63, 3.8) is 0 Å². The van der Waals surface area contributed by atoms with Gasteiger partial charge < -0.3 is 15.0 Å². The van der Waals surface area contributed by atoms with E-state index in [1.165, 1.54) is 16.9 Å². The molecule has 2 amide bonds. The lowest BCUT2D eigenvalue weighted by molar-refractivity contribution is -0.136.